The molecule has 1 aromatic heterocycles. The highest BCUT2D eigenvalue weighted by Crippen LogP contribution is 2.31. The van der Waals surface area contributed by atoms with Gasteiger partial charge in [-0.1, -0.05) is 18.2 Å². The zero-order chi connectivity index (χ0) is 21.2. The number of aromatic nitrogens is 2. The van der Waals surface area contributed by atoms with Crippen LogP contribution in [0.25, 0.3) is 11.3 Å². The standard InChI is InChI=1S/C25H26N4O2/c1-31-21-10-8-18(9-11-21)22-12-13-24(27-26-22)28-15-4-6-20(17-28)25(30)29-16-14-19-5-2-3-7-23(19)29/h2-3,5,7-13,20H,4,6,14-17H2,1H3/t20-/m0/s1. The van der Waals surface area contributed by atoms with Gasteiger partial charge < -0.3 is 14.5 Å². The molecule has 0 unspecified atom stereocenters. The maximum absolute atomic E-state index is 13.3. The second-order valence-electron chi connectivity index (χ2n) is 8.16. The van der Waals surface area contributed by atoms with Crippen molar-refractivity contribution in [3.05, 3.63) is 66.2 Å². The summed E-state index contributed by atoms with van der Waals surface area (Å²) in [7, 11) is 1.66. The topological polar surface area (TPSA) is 58.6 Å². The van der Waals surface area contributed by atoms with E-state index in [1.54, 1.807) is 7.11 Å². The molecule has 2 aromatic carbocycles. The number of carbonyl (C=O) groups excluding carboxylic acids is 1. The Kier molecular flexibility index (Phi) is 5.28. The third kappa shape index (κ3) is 3.85. The Morgan fingerprint density at radius 2 is 1.84 bits per heavy atom. The molecule has 0 aliphatic carbocycles. The van der Waals surface area contributed by atoms with E-state index in [2.05, 4.69) is 27.2 Å². The van der Waals surface area contributed by atoms with Gasteiger partial charge in [-0.15, -0.1) is 10.2 Å². The number of hydrogen-bond donors (Lipinski definition) is 0. The van der Waals surface area contributed by atoms with Gasteiger partial charge in [0.05, 0.1) is 18.7 Å². The number of para-hydroxylation sites is 1. The van der Waals surface area contributed by atoms with Gasteiger partial charge in [-0.2, -0.15) is 0 Å². The molecule has 0 N–H and O–H groups in total. The number of carbonyl (C=O) groups is 1. The molecule has 1 fully saturated rings. The number of nitrogens with zero attached hydrogens (tertiary/aromatic N) is 4. The minimum Gasteiger partial charge on any atom is -0.497 e. The molecule has 158 valence electrons. The highest BCUT2D eigenvalue weighted by atomic mass is 16.5. The molecule has 3 aromatic rings. The number of amides is 1. The fourth-order valence-corrected chi connectivity index (χ4v) is 4.58. The van der Waals surface area contributed by atoms with Gasteiger partial charge in [-0.05, 0) is 67.3 Å². The lowest BCUT2D eigenvalue weighted by Crippen LogP contribution is -2.45. The van der Waals surface area contributed by atoms with Crippen LogP contribution in [0.3, 0.4) is 0 Å². The summed E-state index contributed by atoms with van der Waals surface area (Å²) >= 11 is 0. The van der Waals surface area contributed by atoms with Crippen molar-refractivity contribution in [1.29, 1.82) is 0 Å². The van der Waals surface area contributed by atoms with Crippen LogP contribution in [0, 0.1) is 5.92 Å². The van der Waals surface area contributed by atoms with Gasteiger partial charge in [0.15, 0.2) is 5.82 Å². The van der Waals surface area contributed by atoms with E-state index in [1.807, 2.05) is 53.4 Å². The third-order valence-electron chi connectivity index (χ3n) is 6.28. The lowest BCUT2D eigenvalue weighted by molar-refractivity contribution is -0.122. The van der Waals surface area contributed by atoms with E-state index in [9.17, 15) is 4.79 Å². The number of ether oxygens (including phenoxy) is 1. The van der Waals surface area contributed by atoms with Crippen molar-refractivity contribution < 1.29 is 9.53 Å². The van der Waals surface area contributed by atoms with Crippen molar-refractivity contribution >= 4 is 17.4 Å². The molecule has 0 spiro atoms. The van der Waals surface area contributed by atoms with Crippen molar-refractivity contribution in [2.45, 2.75) is 19.3 Å². The highest BCUT2D eigenvalue weighted by Gasteiger charge is 2.33. The summed E-state index contributed by atoms with van der Waals surface area (Å²) in [4.78, 5) is 17.5. The Morgan fingerprint density at radius 1 is 1.00 bits per heavy atom. The zero-order valence-corrected chi connectivity index (χ0v) is 17.7. The quantitative estimate of drug-likeness (QED) is 0.647. The summed E-state index contributed by atoms with van der Waals surface area (Å²) in [6, 6.07) is 20.0. The minimum absolute atomic E-state index is 0.0111. The highest BCUT2D eigenvalue weighted by molar-refractivity contribution is 5.97. The number of rotatable bonds is 4. The van der Waals surface area contributed by atoms with Crippen LogP contribution in [0.4, 0.5) is 11.5 Å². The Labute approximate surface area is 182 Å². The van der Waals surface area contributed by atoms with Crippen LogP contribution in [0.5, 0.6) is 5.75 Å². The molecule has 5 rings (SSSR count). The molecule has 0 saturated carbocycles. The van der Waals surface area contributed by atoms with Crippen LogP contribution in [-0.4, -0.2) is 42.8 Å². The molecule has 3 heterocycles. The maximum Gasteiger partial charge on any atom is 0.231 e. The molecule has 0 radical (unpaired) electrons. The summed E-state index contributed by atoms with van der Waals surface area (Å²) in [5.74, 6) is 1.87. The van der Waals surface area contributed by atoms with Crippen molar-refractivity contribution in [3.8, 4) is 17.0 Å². The van der Waals surface area contributed by atoms with Gasteiger partial charge in [0, 0.05) is 30.9 Å². The van der Waals surface area contributed by atoms with E-state index in [0.29, 0.717) is 6.54 Å². The molecule has 2 aliphatic heterocycles. The summed E-state index contributed by atoms with van der Waals surface area (Å²) < 4.78 is 5.22. The number of anilines is 2. The number of piperidine rings is 1. The van der Waals surface area contributed by atoms with E-state index >= 15 is 0 Å². The summed E-state index contributed by atoms with van der Waals surface area (Å²) in [6.07, 6.45) is 2.84. The largest absolute Gasteiger partial charge is 0.497 e. The maximum atomic E-state index is 13.3. The normalized spacial score (nSPS) is 18.0. The Morgan fingerprint density at radius 3 is 2.61 bits per heavy atom. The smallest absolute Gasteiger partial charge is 0.231 e. The molecular weight excluding hydrogens is 388 g/mol. The molecular formula is C25H26N4O2. The second-order valence-corrected chi connectivity index (χ2v) is 8.16. The first-order valence-corrected chi connectivity index (χ1v) is 10.9. The molecule has 1 amide bonds. The Balaban J connectivity index is 1.28. The fraction of sp³-hybridized carbons (Fsp3) is 0.320. The van der Waals surface area contributed by atoms with Crippen LogP contribution in [0.2, 0.25) is 0 Å². The van der Waals surface area contributed by atoms with E-state index in [-0.39, 0.29) is 11.8 Å². The van der Waals surface area contributed by atoms with Gasteiger partial charge in [0.25, 0.3) is 0 Å². The average molecular weight is 415 g/mol. The first-order valence-electron chi connectivity index (χ1n) is 10.9. The molecule has 6 heteroatoms. The van der Waals surface area contributed by atoms with E-state index in [1.165, 1.54) is 5.56 Å². The number of methoxy groups -OCH3 is 1. The SMILES string of the molecule is COc1ccc(-c2ccc(N3CCC[C@H](C(=O)N4CCc5ccccc54)C3)nn2)cc1. The number of fused-ring (bicyclic) bond motifs is 1. The van der Waals surface area contributed by atoms with Crippen molar-refractivity contribution in [3.63, 3.8) is 0 Å². The summed E-state index contributed by atoms with van der Waals surface area (Å²) in [5.41, 5.74) is 4.17. The fourth-order valence-electron chi connectivity index (χ4n) is 4.58. The zero-order valence-electron chi connectivity index (χ0n) is 17.7. The van der Waals surface area contributed by atoms with Gasteiger partial charge in [0.2, 0.25) is 5.91 Å². The van der Waals surface area contributed by atoms with Crippen molar-refractivity contribution in [2.24, 2.45) is 5.92 Å². The first kappa shape index (κ1) is 19.5. The molecule has 6 nitrogen and oxygen atoms in total. The minimum atomic E-state index is -0.0111. The van der Waals surface area contributed by atoms with Crippen LogP contribution >= 0.6 is 0 Å². The molecule has 1 saturated heterocycles. The lowest BCUT2D eigenvalue weighted by Gasteiger charge is -2.34. The Bertz CT molecular complexity index is 1070. The van der Waals surface area contributed by atoms with E-state index in [0.717, 1.165) is 60.9 Å². The number of hydrogen-bond acceptors (Lipinski definition) is 5. The van der Waals surface area contributed by atoms with E-state index in [4.69, 9.17) is 4.74 Å². The monoisotopic (exact) mass is 414 g/mol. The van der Waals surface area contributed by atoms with E-state index < -0.39 is 0 Å². The molecule has 1 atom stereocenters. The summed E-state index contributed by atoms with van der Waals surface area (Å²) in [6.45, 7) is 2.37. The van der Waals surface area contributed by atoms with Gasteiger partial charge in [-0.3, -0.25) is 4.79 Å². The first-order chi connectivity index (χ1) is 15.2. The van der Waals surface area contributed by atoms with Crippen LogP contribution in [0.1, 0.15) is 18.4 Å². The second kappa shape index (κ2) is 8.38. The van der Waals surface area contributed by atoms with Crippen LogP contribution in [-0.2, 0) is 11.2 Å². The molecule has 0 bridgehead atoms. The predicted octanol–water partition coefficient (Wildman–Crippen LogP) is 3.96. The lowest BCUT2D eigenvalue weighted by atomic mass is 9.96. The van der Waals surface area contributed by atoms with Crippen molar-refractivity contribution in [1.82, 2.24) is 10.2 Å². The van der Waals surface area contributed by atoms with Crippen LogP contribution in [0.15, 0.2) is 60.7 Å². The predicted molar refractivity (Wildman–Crippen MR) is 121 cm³/mol. The number of benzene rings is 2. The average Bonchev–Trinajstić information content (AvgIpc) is 3.28. The molecule has 31 heavy (non-hydrogen) atoms. The molecule has 2 aliphatic rings. The van der Waals surface area contributed by atoms with Gasteiger partial charge >= 0.3 is 0 Å². The van der Waals surface area contributed by atoms with Crippen LogP contribution < -0.4 is 14.5 Å². The van der Waals surface area contributed by atoms with Gasteiger partial charge in [-0.25, -0.2) is 0 Å². The van der Waals surface area contributed by atoms with Crippen molar-refractivity contribution in [2.75, 3.05) is 36.5 Å². The Hall–Kier alpha value is -3.41. The van der Waals surface area contributed by atoms with Gasteiger partial charge in [0.1, 0.15) is 5.75 Å². The summed E-state index contributed by atoms with van der Waals surface area (Å²) in [5, 5.41) is 8.90. The third-order valence-corrected chi connectivity index (χ3v) is 6.28.